The van der Waals surface area contributed by atoms with Gasteiger partial charge in [-0.25, -0.2) is 4.98 Å². The summed E-state index contributed by atoms with van der Waals surface area (Å²) in [4.78, 5) is 29.7. The number of carbonyl (C=O) groups is 2. The number of carbonyl (C=O) groups excluding carboxylic acids is 2. The van der Waals surface area contributed by atoms with Gasteiger partial charge in [0.1, 0.15) is 5.69 Å². The van der Waals surface area contributed by atoms with E-state index in [1.165, 1.54) is 11.3 Å². The zero-order valence-corrected chi connectivity index (χ0v) is 12.9. The third-order valence-corrected chi connectivity index (χ3v) is 3.51. The van der Waals surface area contributed by atoms with E-state index in [0.717, 1.165) is 5.56 Å². The molecule has 2 amide bonds. The van der Waals surface area contributed by atoms with Crippen LogP contribution in [-0.4, -0.2) is 27.8 Å². The van der Waals surface area contributed by atoms with Crippen molar-refractivity contribution >= 4 is 40.7 Å². The van der Waals surface area contributed by atoms with E-state index >= 15 is 0 Å². The molecular formula is C12H16ClN5O2S. The molecule has 6 N–H and O–H groups in total. The molecule has 0 spiro atoms. The number of nitrogens with zero attached hydrogens (tertiary/aromatic N) is 1. The van der Waals surface area contributed by atoms with E-state index < -0.39 is 11.9 Å². The van der Waals surface area contributed by atoms with Crippen LogP contribution in [0.25, 0.3) is 11.3 Å². The predicted octanol–water partition coefficient (Wildman–Crippen LogP) is 1.33. The van der Waals surface area contributed by atoms with E-state index in [1.54, 1.807) is 17.6 Å². The fourth-order valence-corrected chi connectivity index (χ4v) is 2.25. The molecule has 7 nitrogen and oxygen atoms in total. The first kappa shape index (κ1) is 17.2. The van der Waals surface area contributed by atoms with Gasteiger partial charge in [-0.05, 0) is 12.5 Å². The average Bonchev–Trinajstić information content (AvgIpc) is 3.05. The summed E-state index contributed by atoms with van der Waals surface area (Å²) in [6, 6.07) is 1.07. The second-order valence-electron chi connectivity index (χ2n) is 4.21. The Morgan fingerprint density at radius 3 is 2.81 bits per heavy atom. The van der Waals surface area contributed by atoms with Crippen LogP contribution in [0.15, 0.2) is 17.6 Å². The lowest BCUT2D eigenvalue weighted by atomic mass is 10.2. The Bertz CT molecular complexity index is 639. The van der Waals surface area contributed by atoms with Crippen molar-refractivity contribution < 1.29 is 9.59 Å². The summed E-state index contributed by atoms with van der Waals surface area (Å²) in [5.74, 6) is -0.797. The number of nitrogens with one attached hydrogen (secondary N) is 2. The van der Waals surface area contributed by atoms with Gasteiger partial charge in [-0.2, -0.15) is 0 Å². The van der Waals surface area contributed by atoms with Gasteiger partial charge in [-0.3, -0.25) is 9.59 Å². The fourth-order valence-electron chi connectivity index (χ4n) is 1.53. The highest BCUT2D eigenvalue weighted by molar-refractivity contribution is 7.14. The molecule has 0 saturated heterocycles. The standard InChI is InChI=1S/C12H15N5O2S.ClH/c1-2-7(13)11(19)17-12-16-9(5-20-12)6-3-8(10(14)18)15-4-6;/h3-5,7,15H,2,13H2,1H3,(H2,14,18)(H,16,17,19);1H/t7-;/m0./s1. The normalized spacial score (nSPS) is 11.5. The first-order valence-electron chi connectivity index (χ1n) is 6.01. The highest BCUT2D eigenvalue weighted by Crippen LogP contribution is 2.25. The van der Waals surface area contributed by atoms with E-state index in [-0.39, 0.29) is 18.3 Å². The second kappa shape index (κ2) is 7.21. The lowest BCUT2D eigenvalue weighted by Gasteiger charge is -2.06. The maximum absolute atomic E-state index is 11.6. The Hall–Kier alpha value is -1.90. The third-order valence-electron chi connectivity index (χ3n) is 2.76. The van der Waals surface area contributed by atoms with Gasteiger partial charge in [0.25, 0.3) is 5.91 Å². The number of H-pyrrole nitrogens is 1. The van der Waals surface area contributed by atoms with Gasteiger partial charge in [0.2, 0.25) is 5.91 Å². The second-order valence-corrected chi connectivity index (χ2v) is 5.07. The summed E-state index contributed by atoms with van der Waals surface area (Å²) in [5, 5.41) is 4.90. The molecule has 114 valence electrons. The van der Waals surface area contributed by atoms with Gasteiger partial charge in [-0.1, -0.05) is 6.92 Å². The SMILES string of the molecule is CC[C@H](N)C(=O)Nc1nc(-c2c[nH]c(C(N)=O)c2)cs1.Cl. The molecule has 0 unspecified atom stereocenters. The van der Waals surface area contributed by atoms with Gasteiger partial charge in [-0.15, -0.1) is 23.7 Å². The van der Waals surface area contributed by atoms with Crippen LogP contribution in [0.5, 0.6) is 0 Å². The van der Waals surface area contributed by atoms with Crippen LogP contribution in [0.3, 0.4) is 0 Å². The lowest BCUT2D eigenvalue weighted by molar-refractivity contribution is -0.117. The highest BCUT2D eigenvalue weighted by atomic mass is 35.5. The molecule has 0 saturated carbocycles. The smallest absolute Gasteiger partial charge is 0.265 e. The van der Waals surface area contributed by atoms with Crippen LogP contribution < -0.4 is 16.8 Å². The summed E-state index contributed by atoms with van der Waals surface area (Å²) in [6.45, 7) is 1.84. The van der Waals surface area contributed by atoms with Gasteiger partial charge in [0.05, 0.1) is 11.7 Å². The summed E-state index contributed by atoms with van der Waals surface area (Å²) in [5.41, 5.74) is 12.5. The minimum atomic E-state index is -0.545. The molecule has 0 bridgehead atoms. The average molecular weight is 330 g/mol. The van der Waals surface area contributed by atoms with Crippen LogP contribution in [0.4, 0.5) is 5.13 Å². The van der Waals surface area contributed by atoms with E-state index in [9.17, 15) is 9.59 Å². The van der Waals surface area contributed by atoms with Crippen LogP contribution in [0.2, 0.25) is 0 Å². The number of nitrogens with two attached hydrogens (primary N) is 2. The number of primary amides is 1. The quantitative estimate of drug-likeness (QED) is 0.660. The van der Waals surface area contributed by atoms with Crippen molar-refractivity contribution in [2.45, 2.75) is 19.4 Å². The van der Waals surface area contributed by atoms with E-state index in [2.05, 4.69) is 15.3 Å². The van der Waals surface area contributed by atoms with E-state index in [0.29, 0.717) is 22.9 Å². The number of hydrogen-bond donors (Lipinski definition) is 4. The zero-order valence-electron chi connectivity index (χ0n) is 11.3. The molecule has 0 aliphatic rings. The number of halogens is 1. The monoisotopic (exact) mass is 329 g/mol. The molecule has 0 aliphatic carbocycles. The van der Waals surface area contributed by atoms with Crippen molar-refractivity contribution in [3.63, 3.8) is 0 Å². The fraction of sp³-hybridized carbons (Fsp3) is 0.250. The van der Waals surface area contributed by atoms with Crippen molar-refractivity contribution in [2.24, 2.45) is 11.5 Å². The van der Waals surface area contributed by atoms with Crippen molar-refractivity contribution in [3.8, 4) is 11.3 Å². The number of aromatic nitrogens is 2. The molecule has 0 radical (unpaired) electrons. The number of hydrogen-bond acceptors (Lipinski definition) is 5. The van der Waals surface area contributed by atoms with Crippen LogP contribution >= 0.6 is 23.7 Å². The summed E-state index contributed by atoms with van der Waals surface area (Å²) in [6.07, 6.45) is 2.20. The molecule has 0 fully saturated rings. The number of aromatic amines is 1. The summed E-state index contributed by atoms with van der Waals surface area (Å²) in [7, 11) is 0. The predicted molar refractivity (Wildman–Crippen MR) is 84.6 cm³/mol. The molecule has 1 atom stereocenters. The first-order valence-corrected chi connectivity index (χ1v) is 6.89. The number of rotatable bonds is 5. The maximum atomic E-state index is 11.6. The lowest BCUT2D eigenvalue weighted by Crippen LogP contribution is -2.34. The Labute approximate surface area is 131 Å². The Morgan fingerprint density at radius 1 is 1.52 bits per heavy atom. The van der Waals surface area contributed by atoms with Crippen LogP contribution in [0.1, 0.15) is 23.8 Å². The van der Waals surface area contributed by atoms with Crippen molar-refractivity contribution in [3.05, 3.63) is 23.3 Å². The van der Waals surface area contributed by atoms with Crippen LogP contribution in [0, 0.1) is 0 Å². The summed E-state index contributed by atoms with van der Waals surface area (Å²) < 4.78 is 0. The van der Waals surface area contributed by atoms with E-state index in [1.807, 2.05) is 6.92 Å². The highest BCUT2D eigenvalue weighted by Gasteiger charge is 2.14. The van der Waals surface area contributed by atoms with Crippen molar-refractivity contribution in [1.82, 2.24) is 9.97 Å². The van der Waals surface area contributed by atoms with Crippen molar-refractivity contribution in [1.29, 1.82) is 0 Å². The third kappa shape index (κ3) is 4.03. The molecule has 9 heteroatoms. The Kier molecular flexibility index (Phi) is 5.89. The molecule has 2 heterocycles. The topological polar surface area (TPSA) is 127 Å². The molecule has 21 heavy (non-hydrogen) atoms. The zero-order chi connectivity index (χ0) is 14.7. The number of amides is 2. The minimum Gasteiger partial charge on any atom is -0.364 e. The molecule has 0 aromatic carbocycles. The molecular weight excluding hydrogens is 314 g/mol. The first-order chi connectivity index (χ1) is 9.51. The molecule has 0 aliphatic heterocycles. The van der Waals surface area contributed by atoms with Gasteiger partial charge < -0.3 is 21.8 Å². The Balaban J connectivity index is 0.00000220. The van der Waals surface area contributed by atoms with Gasteiger partial charge in [0.15, 0.2) is 5.13 Å². The molecule has 2 rings (SSSR count). The van der Waals surface area contributed by atoms with E-state index in [4.69, 9.17) is 11.5 Å². The van der Waals surface area contributed by atoms with Gasteiger partial charge >= 0.3 is 0 Å². The minimum absolute atomic E-state index is 0. The van der Waals surface area contributed by atoms with Crippen LogP contribution in [-0.2, 0) is 4.79 Å². The maximum Gasteiger partial charge on any atom is 0.265 e. The van der Waals surface area contributed by atoms with Crippen molar-refractivity contribution in [2.75, 3.05) is 5.32 Å². The van der Waals surface area contributed by atoms with Gasteiger partial charge in [0, 0.05) is 17.1 Å². The largest absolute Gasteiger partial charge is 0.364 e. The number of thiazole rings is 1. The Morgan fingerprint density at radius 2 is 2.24 bits per heavy atom. The molecule has 2 aromatic heterocycles. The summed E-state index contributed by atoms with van der Waals surface area (Å²) >= 11 is 1.29. The number of anilines is 1. The molecule has 2 aromatic rings.